The highest BCUT2D eigenvalue weighted by Gasteiger charge is 2.12. The molecular weight excluding hydrogens is 289 g/mol. The highest BCUT2D eigenvalue weighted by atomic mass is 19.1. The van der Waals surface area contributed by atoms with Crippen LogP contribution in [0.25, 0.3) is 33.1 Å². The Morgan fingerprint density at radius 1 is 0.957 bits per heavy atom. The number of nitriles is 1. The van der Waals surface area contributed by atoms with Crippen molar-refractivity contribution in [1.29, 1.82) is 5.26 Å². The minimum Gasteiger partial charge on any atom is -0.456 e. The Morgan fingerprint density at radius 3 is 2.43 bits per heavy atom. The van der Waals surface area contributed by atoms with E-state index in [4.69, 9.17) is 9.68 Å². The number of nitrogens with zero attached hydrogens (tertiary/aromatic N) is 1. The second-order valence-electron chi connectivity index (χ2n) is 5.57. The summed E-state index contributed by atoms with van der Waals surface area (Å²) in [5, 5.41) is 10.8. The van der Waals surface area contributed by atoms with Gasteiger partial charge in [0.2, 0.25) is 0 Å². The van der Waals surface area contributed by atoms with Crippen LogP contribution in [-0.4, -0.2) is 0 Å². The van der Waals surface area contributed by atoms with Gasteiger partial charge in [0, 0.05) is 16.3 Å². The van der Waals surface area contributed by atoms with Crippen LogP contribution in [0.15, 0.2) is 59.0 Å². The third-order valence-electron chi connectivity index (χ3n) is 4.11. The van der Waals surface area contributed by atoms with Gasteiger partial charge in [0.05, 0.1) is 11.6 Å². The second-order valence-corrected chi connectivity index (χ2v) is 5.57. The molecule has 1 heterocycles. The molecule has 0 aliphatic heterocycles. The van der Waals surface area contributed by atoms with Crippen LogP contribution in [0, 0.1) is 24.1 Å². The van der Waals surface area contributed by atoms with Gasteiger partial charge in [0.15, 0.2) is 0 Å². The van der Waals surface area contributed by atoms with Gasteiger partial charge in [-0.2, -0.15) is 5.26 Å². The van der Waals surface area contributed by atoms with Crippen molar-refractivity contribution in [1.82, 2.24) is 0 Å². The zero-order chi connectivity index (χ0) is 16.0. The first-order chi connectivity index (χ1) is 11.2. The molecule has 0 bridgehead atoms. The number of rotatable bonds is 1. The van der Waals surface area contributed by atoms with Crippen molar-refractivity contribution in [3.8, 4) is 17.2 Å². The number of halogens is 1. The third-order valence-corrected chi connectivity index (χ3v) is 4.11. The molecule has 0 amide bonds. The maximum atomic E-state index is 14.2. The van der Waals surface area contributed by atoms with Gasteiger partial charge in [-0.05, 0) is 54.4 Å². The predicted octanol–water partition coefficient (Wildman–Crippen LogP) is 5.57. The maximum absolute atomic E-state index is 14.2. The van der Waals surface area contributed by atoms with E-state index >= 15 is 0 Å². The molecule has 0 unspecified atom stereocenters. The average molecular weight is 301 g/mol. The average Bonchev–Trinajstić information content (AvgIpc) is 2.92. The number of hydrogen-bond donors (Lipinski definition) is 0. The Labute approximate surface area is 132 Å². The molecule has 2 nitrogen and oxygen atoms in total. The Hall–Kier alpha value is -3.12. The monoisotopic (exact) mass is 301 g/mol. The molecule has 23 heavy (non-hydrogen) atoms. The van der Waals surface area contributed by atoms with Gasteiger partial charge >= 0.3 is 0 Å². The van der Waals surface area contributed by atoms with Crippen molar-refractivity contribution in [3.63, 3.8) is 0 Å². The van der Waals surface area contributed by atoms with Gasteiger partial charge in [-0.15, -0.1) is 0 Å². The van der Waals surface area contributed by atoms with E-state index in [0.717, 1.165) is 33.1 Å². The van der Waals surface area contributed by atoms with Crippen molar-refractivity contribution in [2.24, 2.45) is 0 Å². The zero-order valence-corrected chi connectivity index (χ0v) is 12.4. The highest BCUT2D eigenvalue weighted by molar-refractivity contribution is 6.06. The summed E-state index contributed by atoms with van der Waals surface area (Å²) in [4.78, 5) is 0. The minimum atomic E-state index is -0.241. The Kier molecular flexibility index (Phi) is 2.92. The van der Waals surface area contributed by atoms with Crippen molar-refractivity contribution in [2.45, 2.75) is 6.92 Å². The lowest BCUT2D eigenvalue weighted by atomic mass is 9.98. The molecule has 4 aromatic rings. The number of fused-ring (bicyclic) bond motifs is 3. The lowest BCUT2D eigenvalue weighted by molar-refractivity contribution is 0.630. The standard InChI is InChI=1S/C20H12FNO/c1-12-3-2-4-17(21)20(12)14-6-8-19-16(10-14)15-9-13(11-22)5-7-18(15)23-19/h2-10H,1H3. The number of furan rings is 1. The molecule has 0 aliphatic carbocycles. The summed E-state index contributed by atoms with van der Waals surface area (Å²) in [6, 6.07) is 18.2. The fourth-order valence-electron chi connectivity index (χ4n) is 3.00. The fourth-order valence-corrected chi connectivity index (χ4v) is 3.00. The summed E-state index contributed by atoms with van der Waals surface area (Å²) < 4.78 is 20.0. The molecule has 0 atom stereocenters. The van der Waals surface area contributed by atoms with Crippen LogP contribution in [0.3, 0.4) is 0 Å². The molecule has 110 valence electrons. The Balaban J connectivity index is 2.04. The summed E-state index contributed by atoms with van der Waals surface area (Å²) >= 11 is 0. The molecule has 4 rings (SSSR count). The second kappa shape index (κ2) is 4.96. The summed E-state index contributed by atoms with van der Waals surface area (Å²) in [5.74, 6) is -0.241. The van der Waals surface area contributed by atoms with E-state index < -0.39 is 0 Å². The SMILES string of the molecule is Cc1cccc(F)c1-c1ccc2oc3ccc(C#N)cc3c2c1. The molecule has 0 aliphatic rings. The van der Waals surface area contributed by atoms with Crippen LogP contribution in [0.2, 0.25) is 0 Å². The molecule has 0 N–H and O–H groups in total. The summed E-state index contributed by atoms with van der Waals surface area (Å²) in [7, 11) is 0. The van der Waals surface area contributed by atoms with Gasteiger partial charge < -0.3 is 4.42 Å². The maximum Gasteiger partial charge on any atom is 0.135 e. The topological polar surface area (TPSA) is 36.9 Å². The van der Waals surface area contributed by atoms with Gasteiger partial charge in [-0.3, -0.25) is 0 Å². The molecule has 0 fully saturated rings. The lowest BCUT2D eigenvalue weighted by Gasteiger charge is -2.07. The largest absolute Gasteiger partial charge is 0.456 e. The molecule has 0 radical (unpaired) electrons. The summed E-state index contributed by atoms with van der Waals surface area (Å²) in [5.41, 5.74) is 4.31. The first-order valence-corrected chi connectivity index (χ1v) is 7.29. The molecule has 1 aromatic heterocycles. The quantitative estimate of drug-likeness (QED) is 0.460. The van der Waals surface area contributed by atoms with Gasteiger partial charge in [0.25, 0.3) is 0 Å². The van der Waals surface area contributed by atoms with E-state index in [9.17, 15) is 4.39 Å². The van der Waals surface area contributed by atoms with Crippen molar-refractivity contribution in [2.75, 3.05) is 0 Å². The highest BCUT2D eigenvalue weighted by Crippen LogP contribution is 2.34. The van der Waals surface area contributed by atoms with E-state index in [1.54, 1.807) is 24.3 Å². The zero-order valence-electron chi connectivity index (χ0n) is 12.4. The summed E-state index contributed by atoms with van der Waals surface area (Å²) in [6.07, 6.45) is 0. The number of hydrogen-bond acceptors (Lipinski definition) is 2. The molecule has 0 spiro atoms. The van der Waals surface area contributed by atoms with Crippen LogP contribution in [-0.2, 0) is 0 Å². The van der Waals surface area contributed by atoms with Crippen LogP contribution < -0.4 is 0 Å². The van der Waals surface area contributed by atoms with Crippen LogP contribution in [0.4, 0.5) is 4.39 Å². The third kappa shape index (κ3) is 2.08. The van der Waals surface area contributed by atoms with E-state index in [0.29, 0.717) is 11.1 Å². The van der Waals surface area contributed by atoms with Crippen molar-refractivity contribution < 1.29 is 8.81 Å². The summed E-state index contributed by atoms with van der Waals surface area (Å²) in [6.45, 7) is 1.89. The first kappa shape index (κ1) is 13.5. The molecule has 3 heteroatoms. The van der Waals surface area contributed by atoms with E-state index in [1.807, 2.05) is 31.2 Å². The Morgan fingerprint density at radius 2 is 1.70 bits per heavy atom. The van der Waals surface area contributed by atoms with Crippen LogP contribution >= 0.6 is 0 Å². The first-order valence-electron chi connectivity index (χ1n) is 7.29. The lowest BCUT2D eigenvalue weighted by Crippen LogP contribution is -1.88. The molecule has 3 aromatic carbocycles. The van der Waals surface area contributed by atoms with Gasteiger partial charge in [-0.1, -0.05) is 18.2 Å². The smallest absolute Gasteiger partial charge is 0.135 e. The van der Waals surface area contributed by atoms with Crippen molar-refractivity contribution >= 4 is 21.9 Å². The van der Waals surface area contributed by atoms with E-state index in [1.165, 1.54) is 6.07 Å². The van der Waals surface area contributed by atoms with E-state index in [-0.39, 0.29) is 5.82 Å². The fraction of sp³-hybridized carbons (Fsp3) is 0.0500. The predicted molar refractivity (Wildman–Crippen MR) is 88.6 cm³/mol. The number of benzene rings is 3. The van der Waals surface area contributed by atoms with Crippen LogP contribution in [0.1, 0.15) is 11.1 Å². The molecule has 0 saturated heterocycles. The minimum absolute atomic E-state index is 0.241. The number of aryl methyl sites for hydroxylation is 1. The molecular formula is C20H12FNO. The van der Waals surface area contributed by atoms with Gasteiger partial charge in [0.1, 0.15) is 17.0 Å². The van der Waals surface area contributed by atoms with E-state index in [2.05, 4.69) is 6.07 Å². The van der Waals surface area contributed by atoms with Crippen molar-refractivity contribution in [3.05, 3.63) is 71.5 Å². The molecule has 0 saturated carbocycles. The van der Waals surface area contributed by atoms with Crippen LogP contribution in [0.5, 0.6) is 0 Å². The Bertz CT molecular complexity index is 1080. The normalized spacial score (nSPS) is 11.0. The van der Waals surface area contributed by atoms with Gasteiger partial charge in [-0.25, -0.2) is 4.39 Å².